The minimum atomic E-state index is -0.869. The van der Waals surface area contributed by atoms with E-state index in [9.17, 15) is 14.0 Å². The fraction of sp³-hybridized carbons (Fsp3) is 0.500. The van der Waals surface area contributed by atoms with Crippen molar-refractivity contribution in [3.05, 3.63) is 58.7 Å². The lowest BCUT2D eigenvalue weighted by Gasteiger charge is -2.27. The van der Waals surface area contributed by atoms with Gasteiger partial charge < -0.3 is 14.0 Å². The third kappa shape index (κ3) is 4.19. The molecule has 0 saturated heterocycles. The molecule has 2 aromatic rings. The molecule has 1 aromatic carbocycles. The third-order valence-electron chi connectivity index (χ3n) is 6.19. The average Bonchev–Trinajstić information content (AvgIpc) is 3.32. The lowest BCUT2D eigenvalue weighted by atomic mass is 9.79. The highest BCUT2D eigenvalue weighted by Gasteiger charge is 2.44. The van der Waals surface area contributed by atoms with E-state index >= 15 is 0 Å². The number of Topliss-reactive ketones (excluding diaryl/α,β-unsaturated/α-hetero) is 1. The molecular formula is C24H30FNO4. The molecule has 162 valence electrons. The van der Waals surface area contributed by atoms with E-state index in [0.717, 1.165) is 24.2 Å². The number of benzene rings is 1. The molecule has 3 rings (SSSR count). The van der Waals surface area contributed by atoms with Crippen molar-refractivity contribution in [2.24, 2.45) is 0 Å². The number of halogens is 1. The number of hydrogen-bond acceptors (Lipinski definition) is 4. The fourth-order valence-electron chi connectivity index (χ4n) is 4.78. The van der Waals surface area contributed by atoms with Crippen LogP contribution in [0.3, 0.4) is 0 Å². The number of carbonyl (C=O) groups is 2. The average molecular weight is 416 g/mol. The summed E-state index contributed by atoms with van der Waals surface area (Å²) in [7, 11) is 1.65. The summed E-state index contributed by atoms with van der Waals surface area (Å²) in [4.78, 5) is 25.9. The number of ketones is 1. The summed E-state index contributed by atoms with van der Waals surface area (Å²) in [5.74, 6) is -1.06. The van der Waals surface area contributed by atoms with Crippen LogP contribution in [0, 0.1) is 19.7 Å². The second kappa shape index (κ2) is 9.13. The minimum Gasteiger partial charge on any atom is -0.457 e. The van der Waals surface area contributed by atoms with Crippen LogP contribution in [-0.2, 0) is 19.7 Å². The zero-order valence-corrected chi connectivity index (χ0v) is 18.2. The molecule has 0 spiro atoms. The number of esters is 1. The van der Waals surface area contributed by atoms with Crippen LogP contribution in [0.15, 0.2) is 30.3 Å². The second-order valence-corrected chi connectivity index (χ2v) is 8.26. The van der Waals surface area contributed by atoms with Gasteiger partial charge >= 0.3 is 5.97 Å². The smallest absolute Gasteiger partial charge is 0.317 e. The Morgan fingerprint density at radius 3 is 2.53 bits per heavy atom. The van der Waals surface area contributed by atoms with Crippen LogP contribution in [-0.4, -0.2) is 36.6 Å². The van der Waals surface area contributed by atoms with Crippen LogP contribution in [0.4, 0.5) is 4.39 Å². The van der Waals surface area contributed by atoms with Crippen LogP contribution in [0.25, 0.3) is 0 Å². The van der Waals surface area contributed by atoms with Gasteiger partial charge in [0.05, 0.1) is 18.1 Å². The Morgan fingerprint density at radius 1 is 1.20 bits per heavy atom. The summed E-state index contributed by atoms with van der Waals surface area (Å²) in [6.07, 6.45) is 2.95. The molecule has 1 fully saturated rings. The number of hydrogen-bond donors (Lipinski definition) is 0. The largest absolute Gasteiger partial charge is 0.457 e. The first kappa shape index (κ1) is 22.2. The standard InChI is InChI=1S/C24H30FNO4/c1-16-12-21(18(3)26(16)17(2)14-29-4)22(27)15-30-23(28)24(10-5-6-11-24)19-8-7-9-20(25)13-19/h7-9,12-13,17H,5-6,10-11,14-15H2,1-4H3/t17-/m1/s1. The normalized spacial score (nSPS) is 16.4. The molecule has 6 heteroatoms. The molecule has 0 aliphatic heterocycles. The maximum absolute atomic E-state index is 13.8. The summed E-state index contributed by atoms with van der Waals surface area (Å²) in [6.45, 7) is 6.08. The van der Waals surface area contributed by atoms with Crippen molar-refractivity contribution in [1.82, 2.24) is 4.57 Å². The molecule has 0 amide bonds. The Labute approximate surface area is 177 Å². The molecule has 0 bridgehead atoms. The number of carbonyl (C=O) groups excluding carboxylic acids is 2. The van der Waals surface area contributed by atoms with Crippen LogP contribution in [0.1, 0.15) is 66.0 Å². The zero-order chi connectivity index (χ0) is 21.9. The third-order valence-corrected chi connectivity index (χ3v) is 6.19. The Hall–Kier alpha value is -2.47. The van der Waals surface area contributed by atoms with Gasteiger partial charge in [0.2, 0.25) is 5.78 Å². The van der Waals surface area contributed by atoms with Crippen molar-refractivity contribution in [2.75, 3.05) is 20.3 Å². The number of nitrogens with zero attached hydrogens (tertiary/aromatic N) is 1. The van der Waals surface area contributed by atoms with Crippen LogP contribution in [0.5, 0.6) is 0 Å². The van der Waals surface area contributed by atoms with Crippen LogP contribution < -0.4 is 0 Å². The predicted octanol–water partition coefficient (Wildman–Crippen LogP) is 4.69. The molecule has 1 aromatic heterocycles. The summed E-state index contributed by atoms with van der Waals surface area (Å²) >= 11 is 0. The Kier molecular flexibility index (Phi) is 6.76. The highest BCUT2D eigenvalue weighted by Crippen LogP contribution is 2.42. The SMILES string of the molecule is COC[C@@H](C)n1c(C)cc(C(=O)COC(=O)C2(c3cccc(F)c3)CCCC2)c1C. The van der Waals surface area contributed by atoms with Gasteiger partial charge in [-0.1, -0.05) is 25.0 Å². The van der Waals surface area contributed by atoms with E-state index in [4.69, 9.17) is 9.47 Å². The summed E-state index contributed by atoms with van der Waals surface area (Å²) in [5, 5.41) is 0. The molecule has 0 N–H and O–H groups in total. The topological polar surface area (TPSA) is 57.5 Å². The Balaban J connectivity index is 1.75. The molecule has 1 atom stereocenters. The number of methoxy groups -OCH3 is 1. The molecule has 1 saturated carbocycles. The van der Waals surface area contributed by atoms with Crippen molar-refractivity contribution in [2.45, 2.75) is 57.9 Å². The monoisotopic (exact) mass is 415 g/mol. The number of aromatic nitrogens is 1. The van der Waals surface area contributed by atoms with Crippen molar-refractivity contribution in [3.8, 4) is 0 Å². The fourth-order valence-corrected chi connectivity index (χ4v) is 4.78. The van der Waals surface area contributed by atoms with Gasteiger partial charge in [0.1, 0.15) is 5.82 Å². The van der Waals surface area contributed by atoms with E-state index in [2.05, 4.69) is 4.57 Å². The molecular weight excluding hydrogens is 385 g/mol. The van der Waals surface area contributed by atoms with Crippen molar-refractivity contribution in [1.29, 1.82) is 0 Å². The van der Waals surface area contributed by atoms with Crippen molar-refractivity contribution in [3.63, 3.8) is 0 Å². The highest BCUT2D eigenvalue weighted by atomic mass is 19.1. The number of rotatable bonds is 8. The van der Waals surface area contributed by atoms with E-state index in [-0.39, 0.29) is 24.2 Å². The first-order valence-electron chi connectivity index (χ1n) is 10.4. The lowest BCUT2D eigenvalue weighted by Crippen LogP contribution is -2.36. The molecule has 1 aliphatic carbocycles. The van der Waals surface area contributed by atoms with Crippen LogP contribution in [0.2, 0.25) is 0 Å². The quantitative estimate of drug-likeness (QED) is 0.464. The van der Waals surface area contributed by atoms with Gasteiger partial charge in [-0.25, -0.2) is 4.39 Å². The predicted molar refractivity (Wildman–Crippen MR) is 112 cm³/mol. The van der Waals surface area contributed by atoms with Gasteiger partial charge in [0.15, 0.2) is 6.61 Å². The van der Waals surface area contributed by atoms with Crippen molar-refractivity contribution < 1.29 is 23.5 Å². The van der Waals surface area contributed by atoms with Crippen LogP contribution >= 0.6 is 0 Å². The van der Waals surface area contributed by atoms with E-state index in [1.54, 1.807) is 19.2 Å². The molecule has 0 radical (unpaired) electrons. The molecule has 5 nitrogen and oxygen atoms in total. The van der Waals surface area contributed by atoms with Gasteiger partial charge in [-0.15, -0.1) is 0 Å². The van der Waals surface area contributed by atoms with E-state index in [0.29, 0.717) is 30.6 Å². The first-order chi connectivity index (χ1) is 14.3. The Morgan fingerprint density at radius 2 is 1.90 bits per heavy atom. The summed E-state index contributed by atoms with van der Waals surface area (Å²) < 4.78 is 26.6. The van der Waals surface area contributed by atoms with E-state index in [1.807, 2.05) is 26.8 Å². The van der Waals surface area contributed by atoms with Crippen molar-refractivity contribution >= 4 is 11.8 Å². The highest BCUT2D eigenvalue weighted by molar-refractivity contribution is 5.99. The lowest BCUT2D eigenvalue weighted by molar-refractivity contribution is -0.149. The zero-order valence-electron chi connectivity index (χ0n) is 18.2. The molecule has 1 aliphatic rings. The second-order valence-electron chi connectivity index (χ2n) is 8.26. The van der Waals surface area contributed by atoms with E-state index < -0.39 is 11.4 Å². The first-order valence-corrected chi connectivity index (χ1v) is 10.4. The summed E-state index contributed by atoms with van der Waals surface area (Å²) in [5.41, 5.74) is 2.10. The maximum atomic E-state index is 13.8. The Bertz CT molecular complexity index is 927. The molecule has 0 unspecified atom stereocenters. The molecule has 30 heavy (non-hydrogen) atoms. The van der Waals surface area contributed by atoms with E-state index in [1.165, 1.54) is 12.1 Å². The number of ether oxygens (including phenoxy) is 2. The molecule has 1 heterocycles. The maximum Gasteiger partial charge on any atom is 0.317 e. The number of aryl methyl sites for hydroxylation is 1. The summed E-state index contributed by atoms with van der Waals surface area (Å²) in [6, 6.07) is 8.06. The van der Waals surface area contributed by atoms with Gasteiger partial charge in [-0.2, -0.15) is 0 Å². The van der Waals surface area contributed by atoms with Gasteiger partial charge in [0, 0.05) is 24.1 Å². The van der Waals surface area contributed by atoms with Gasteiger partial charge in [0.25, 0.3) is 0 Å². The minimum absolute atomic E-state index is 0.0915. The van der Waals surface area contributed by atoms with Gasteiger partial charge in [-0.05, 0) is 57.4 Å². The van der Waals surface area contributed by atoms with Gasteiger partial charge in [-0.3, -0.25) is 9.59 Å².